The Hall–Kier alpha value is -2.24. The van der Waals surface area contributed by atoms with Crippen LogP contribution in [0.25, 0.3) is 11.0 Å². The van der Waals surface area contributed by atoms with Crippen LogP contribution in [-0.2, 0) is 10.2 Å². The van der Waals surface area contributed by atoms with E-state index in [0.29, 0.717) is 26.9 Å². The first-order valence-electron chi connectivity index (χ1n) is 9.24. The van der Waals surface area contributed by atoms with Gasteiger partial charge in [0.1, 0.15) is 5.82 Å². The molecule has 0 radical (unpaired) electrons. The van der Waals surface area contributed by atoms with E-state index in [9.17, 15) is 4.79 Å². The molecule has 2 heterocycles. The number of amides is 1. The highest BCUT2D eigenvalue weighted by Gasteiger charge is 2.67. The molecule has 2 aliphatic carbocycles. The van der Waals surface area contributed by atoms with Gasteiger partial charge < -0.3 is 5.32 Å². The Morgan fingerprint density at radius 1 is 1.14 bits per heavy atom. The summed E-state index contributed by atoms with van der Waals surface area (Å²) in [6, 6.07) is 8.92. The number of pyridine rings is 1. The van der Waals surface area contributed by atoms with Gasteiger partial charge in [0, 0.05) is 12.1 Å². The monoisotopic (exact) mass is 412 g/mol. The maximum absolute atomic E-state index is 13.6. The fourth-order valence-electron chi connectivity index (χ4n) is 5.04. The van der Waals surface area contributed by atoms with Gasteiger partial charge in [0.15, 0.2) is 0 Å². The number of rotatable bonds is 2. The fourth-order valence-corrected chi connectivity index (χ4v) is 5.35. The van der Waals surface area contributed by atoms with Gasteiger partial charge in [-0.15, -0.1) is 0 Å². The molecule has 2 bridgehead atoms. The van der Waals surface area contributed by atoms with Crippen molar-refractivity contribution in [3.8, 4) is 0 Å². The number of halogens is 2. The third-order valence-corrected chi connectivity index (χ3v) is 7.26. The minimum absolute atomic E-state index is 0.0776. The summed E-state index contributed by atoms with van der Waals surface area (Å²) in [6.07, 6.45) is 3.30. The Balaban J connectivity index is 1.69. The normalized spacial score (nSPS) is 24.4. The lowest BCUT2D eigenvalue weighted by atomic mass is 9.67. The molecular weight excluding hydrogens is 395 g/mol. The second-order valence-corrected chi connectivity index (χ2v) is 8.91. The fraction of sp³-hybridized carbons (Fsp3) is 0.333. The second-order valence-electron chi connectivity index (χ2n) is 8.10. The minimum atomic E-state index is -0.752. The summed E-state index contributed by atoms with van der Waals surface area (Å²) in [4.78, 5) is 27.6. The molecule has 2 atom stereocenters. The van der Waals surface area contributed by atoms with Crippen LogP contribution in [0.1, 0.15) is 44.0 Å². The van der Waals surface area contributed by atoms with Crippen molar-refractivity contribution in [3.63, 3.8) is 0 Å². The lowest BCUT2D eigenvalue weighted by Crippen LogP contribution is -2.46. The van der Waals surface area contributed by atoms with E-state index in [2.05, 4.69) is 24.1 Å². The molecule has 0 aliphatic heterocycles. The number of hydrogen-bond acceptors (Lipinski definition) is 4. The number of benzene rings is 1. The summed E-state index contributed by atoms with van der Waals surface area (Å²) in [7, 11) is 0. The summed E-state index contributed by atoms with van der Waals surface area (Å²) < 4.78 is 0. The smallest absolute Gasteiger partial charge is 0.238 e. The Labute approximate surface area is 172 Å². The number of carbonyl (C=O) groups is 1. The predicted octanol–water partition coefficient (Wildman–Crippen LogP) is 5.13. The van der Waals surface area contributed by atoms with Crippen molar-refractivity contribution >= 4 is 46.0 Å². The highest BCUT2D eigenvalue weighted by Crippen LogP contribution is 2.67. The van der Waals surface area contributed by atoms with Crippen LogP contribution in [0, 0.1) is 5.41 Å². The second kappa shape index (κ2) is 5.88. The average molecular weight is 413 g/mol. The SMILES string of the molecule is CC1(C)C2CCC1(C(=O)Nc1ccccn1)c1nc3cc(Cl)c(Cl)cc3nc12. The first-order chi connectivity index (χ1) is 13.3. The maximum Gasteiger partial charge on any atom is 0.238 e. The maximum atomic E-state index is 13.6. The topological polar surface area (TPSA) is 67.8 Å². The van der Waals surface area contributed by atoms with Gasteiger partial charge in [0.2, 0.25) is 5.91 Å². The third kappa shape index (κ3) is 2.20. The number of hydrogen-bond donors (Lipinski definition) is 1. The van der Waals surface area contributed by atoms with Crippen LogP contribution < -0.4 is 5.32 Å². The van der Waals surface area contributed by atoms with E-state index >= 15 is 0 Å². The average Bonchev–Trinajstić information content (AvgIpc) is 3.04. The van der Waals surface area contributed by atoms with E-state index < -0.39 is 5.41 Å². The molecule has 0 saturated heterocycles. The third-order valence-electron chi connectivity index (χ3n) is 6.54. The zero-order valence-corrected chi connectivity index (χ0v) is 17.0. The molecule has 1 N–H and O–H groups in total. The van der Waals surface area contributed by atoms with Crippen LogP contribution in [0.3, 0.4) is 0 Å². The first-order valence-corrected chi connectivity index (χ1v) is 10.00. The summed E-state index contributed by atoms with van der Waals surface area (Å²) >= 11 is 12.4. The van der Waals surface area contributed by atoms with Gasteiger partial charge in [-0.3, -0.25) is 4.79 Å². The lowest BCUT2D eigenvalue weighted by molar-refractivity contribution is -0.124. The number of fused-ring (bicyclic) bond motifs is 6. The number of nitrogens with one attached hydrogen (secondary N) is 1. The van der Waals surface area contributed by atoms with E-state index in [4.69, 9.17) is 33.2 Å². The number of nitrogens with zero attached hydrogens (tertiary/aromatic N) is 3. The number of carbonyl (C=O) groups excluding carboxylic acids is 1. The molecular formula is C21H18Cl2N4O. The standard InChI is InChI=1S/C21H18Cl2N4O/c1-20(2)11-6-7-21(20,19(28)27-16-5-3-4-8-24-16)18-17(11)25-14-9-12(22)13(23)10-15(14)26-18/h3-5,8-11H,6-7H2,1-2H3,(H,24,27,28). The van der Waals surface area contributed by atoms with Crippen LogP contribution >= 0.6 is 23.2 Å². The molecule has 142 valence electrons. The van der Waals surface area contributed by atoms with Crippen molar-refractivity contribution in [2.24, 2.45) is 5.41 Å². The van der Waals surface area contributed by atoms with Crippen LogP contribution in [0.15, 0.2) is 36.5 Å². The molecule has 1 fully saturated rings. The van der Waals surface area contributed by atoms with E-state index in [1.807, 2.05) is 12.1 Å². The molecule has 5 nitrogen and oxygen atoms in total. The Morgan fingerprint density at radius 2 is 1.86 bits per heavy atom. The van der Waals surface area contributed by atoms with Gasteiger partial charge in [-0.25, -0.2) is 15.0 Å². The van der Waals surface area contributed by atoms with Crippen molar-refractivity contribution in [3.05, 3.63) is 58.0 Å². The van der Waals surface area contributed by atoms with Crippen LogP contribution in [0.5, 0.6) is 0 Å². The Morgan fingerprint density at radius 3 is 2.54 bits per heavy atom. The Kier molecular flexibility index (Phi) is 3.74. The van der Waals surface area contributed by atoms with Crippen molar-refractivity contribution in [2.45, 2.75) is 38.0 Å². The van der Waals surface area contributed by atoms with Gasteiger partial charge in [-0.1, -0.05) is 43.1 Å². The van der Waals surface area contributed by atoms with E-state index in [1.165, 1.54) is 0 Å². The summed E-state index contributed by atoms with van der Waals surface area (Å²) in [5.41, 5.74) is 1.96. The zero-order chi connectivity index (χ0) is 19.7. The van der Waals surface area contributed by atoms with Gasteiger partial charge >= 0.3 is 0 Å². The molecule has 0 spiro atoms. The summed E-state index contributed by atoms with van der Waals surface area (Å²) in [5, 5.41) is 3.88. The summed E-state index contributed by atoms with van der Waals surface area (Å²) in [5.74, 6) is 0.632. The van der Waals surface area contributed by atoms with Crippen molar-refractivity contribution in [2.75, 3.05) is 5.32 Å². The molecule has 2 aromatic heterocycles. The highest BCUT2D eigenvalue weighted by atomic mass is 35.5. The molecule has 3 aromatic rings. The van der Waals surface area contributed by atoms with Gasteiger partial charge in [0.05, 0.1) is 37.9 Å². The van der Waals surface area contributed by atoms with E-state index in [1.54, 1.807) is 24.4 Å². The van der Waals surface area contributed by atoms with Gasteiger partial charge in [-0.05, 0) is 42.5 Å². The number of aromatic nitrogens is 3. The summed E-state index contributed by atoms with van der Waals surface area (Å²) in [6.45, 7) is 4.27. The predicted molar refractivity (Wildman–Crippen MR) is 110 cm³/mol. The number of anilines is 1. The van der Waals surface area contributed by atoms with E-state index in [0.717, 1.165) is 24.2 Å². The van der Waals surface area contributed by atoms with Gasteiger partial charge in [-0.2, -0.15) is 0 Å². The molecule has 2 aliphatic rings. The first kappa shape index (κ1) is 17.8. The molecule has 1 amide bonds. The molecule has 1 saturated carbocycles. The van der Waals surface area contributed by atoms with Crippen LogP contribution in [-0.4, -0.2) is 20.9 Å². The van der Waals surface area contributed by atoms with Crippen LogP contribution in [0.2, 0.25) is 10.0 Å². The molecule has 28 heavy (non-hydrogen) atoms. The van der Waals surface area contributed by atoms with Crippen molar-refractivity contribution < 1.29 is 4.79 Å². The molecule has 1 aromatic carbocycles. The van der Waals surface area contributed by atoms with Crippen molar-refractivity contribution in [1.82, 2.24) is 15.0 Å². The Bertz CT molecular complexity index is 1130. The van der Waals surface area contributed by atoms with Gasteiger partial charge in [0.25, 0.3) is 0 Å². The largest absolute Gasteiger partial charge is 0.310 e. The minimum Gasteiger partial charge on any atom is -0.310 e. The quantitative estimate of drug-likeness (QED) is 0.633. The van der Waals surface area contributed by atoms with Crippen molar-refractivity contribution in [1.29, 1.82) is 0 Å². The lowest BCUT2D eigenvalue weighted by Gasteiger charge is -2.36. The zero-order valence-electron chi connectivity index (χ0n) is 15.5. The van der Waals surface area contributed by atoms with Crippen LogP contribution in [0.4, 0.5) is 5.82 Å². The molecule has 2 unspecified atom stereocenters. The molecule has 5 rings (SSSR count). The van der Waals surface area contributed by atoms with E-state index in [-0.39, 0.29) is 17.2 Å². The highest BCUT2D eigenvalue weighted by molar-refractivity contribution is 6.42. The molecule has 7 heteroatoms.